The SMILES string of the molecule is CCCCCC/C=C\C/C=C\CCCCCCCC(=O)OC(COC(=O)CCCCCCCCC/C=C\CCCCCCCCC)COC(=O)CCCCCCCCCCCC. The molecular weight excluding hydrogens is 769 g/mol. The van der Waals surface area contributed by atoms with Gasteiger partial charge >= 0.3 is 17.9 Å². The van der Waals surface area contributed by atoms with Crippen molar-refractivity contribution in [2.75, 3.05) is 13.2 Å². The van der Waals surface area contributed by atoms with Crippen LogP contribution in [0.4, 0.5) is 0 Å². The topological polar surface area (TPSA) is 78.9 Å². The maximum atomic E-state index is 12.8. The molecule has 0 aromatic rings. The maximum absolute atomic E-state index is 12.8. The standard InChI is InChI=1S/C56H102O6/c1-4-7-10-13-16-19-22-24-26-28-29-31-32-34-37-40-43-46-49-55(58)61-52-53(51-60-54(57)48-45-42-39-36-21-18-15-12-9-6-3)62-56(59)50-47-44-41-38-35-33-30-27-25-23-20-17-14-11-8-5-2/h20,23,26-28,30,53H,4-19,21-22,24-25,29,31-52H2,1-3H3/b23-20-,28-26-,30-27-. The van der Waals surface area contributed by atoms with Gasteiger partial charge in [-0.1, -0.05) is 224 Å². The molecule has 62 heavy (non-hydrogen) atoms. The van der Waals surface area contributed by atoms with Gasteiger partial charge < -0.3 is 14.2 Å². The molecule has 0 aliphatic rings. The Kier molecular flexibility index (Phi) is 49.3. The lowest BCUT2D eigenvalue weighted by Gasteiger charge is -2.18. The fourth-order valence-corrected chi connectivity index (χ4v) is 7.76. The van der Waals surface area contributed by atoms with Gasteiger partial charge in [0.2, 0.25) is 0 Å². The molecule has 0 bridgehead atoms. The first-order valence-electron chi connectivity index (χ1n) is 27.0. The van der Waals surface area contributed by atoms with Gasteiger partial charge in [-0.2, -0.15) is 0 Å². The average molecular weight is 871 g/mol. The van der Waals surface area contributed by atoms with E-state index >= 15 is 0 Å². The molecule has 0 fully saturated rings. The zero-order valence-electron chi connectivity index (χ0n) is 41.4. The Labute approximate surface area is 385 Å². The maximum Gasteiger partial charge on any atom is 0.306 e. The van der Waals surface area contributed by atoms with Crippen LogP contribution in [0.2, 0.25) is 0 Å². The van der Waals surface area contributed by atoms with Crippen molar-refractivity contribution in [3.8, 4) is 0 Å². The van der Waals surface area contributed by atoms with Crippen LogP contribution in [0.25, 0.3) is 0 Å². The Morgan fingerprint density at radius 2 is 0.581 bits per heavy atom. The van der Waals surface area contributed by atoms with Crippen molar-refractivity contribution in [1.29, 1.82) is 0 Å². The quantitative estimate of drug-likeness (QED) is 0.0262. The third kappa shape index (κ3) is 48.7. The van der Waals surface area contributed by atoms with Crippen LogP contribution >= 0.6 is 0 Å². The van der Waals surface area contributed by atoms with E-state index in [4.69, 9.17) is 14.2 Å². The third-order valence-electron chi connectivity index (χ3n) is 11.9. The van der Waals surface area contributed by atoms with E-state index in [2.05, 4.69) is 57.2 Å². The smallest absolute Gasteiger partial charge is 0.306 e. The van der Waals surface area contributed by atoms with Crippen molar-refractivity contribution in [3.63, 3.8) is 0 Å². The zero-order valence-corrected chi connectivity index (χ0v) is 41.4. The van der Waals surface area contributed by atoms with Crippen LogP contribution in [0.3, 0.4) is 0 Å². The number of hydrogen-bond donors (Lipinski definition) is 0. The molecule has 0 radical (unpaired) electrons. The van der Waals surface area contributed by atoms with E-state index in [-0.39, 0.29) is 31.1 Å². The lowest BCUT2D eigenvalue weighted by atomic mass is 10.1. The predicted octanol–water partition coefficient (Wildman–Crippen LogP) is 17.7. The first kappa shape index (κ1) is 59.6. The normalized spacial score (nSPS) is 12.2. The van der Waals surface area contributed by atoms with Crippen molar-refractivity contribution in [1.82, 2.24) is 0 Å². The number of allylic oxidation sites excluding steroid dienone is 6. The Morgan fingerprint density at radius 3 is 0.919 bits per heavy atom. The summed E-state index contributed by atoms with van der Waals surface area (Å²) in [5, 5.41) is 0. The number of unbranched alkanes of at least 4 members (excludes halogenated alkanes) is 32. The molecule has 362 valence electrons. The fraction of sp³-hybridized carbons (Fsp3) is 0.839. The van der Waals surface area contributed by atoms with Crippen molar-refractivity contribution in [3.05, 3.63) is 36.5 Å². The largest absolute Gasteiger partial charge is 0.462 e. The Hall–Kier alpha value is -2.37. The minimum Gasteiger partial charge on any atom is -0.462 e. The molecule has 0 aromatic carbocycles. The fourth-order valence-electron chi connectivity index (χ4n) is 7.76. The molecule has 0 aliphatic heterocycles. The molecule has 0 heterocycles. The summed E-state index contributed by atoms with van der Waals surface area (Å²) in [4.78, 5) is 38.0. The van der Waals surface area contributed by atoms with E-state index in [1.165, 1.54) is 161 Å². The van der Waals surface area contributed by atoms with E-state index in [1.807, 2.05) is 0 Å². The minimum absolute atomic E-state index is 0.0765. The summed E-state index contributed by atoms with van der Waals surface area (Å²) in [5.74, 6) is -0.885. The second-order valence-electron chi connectivity index (χ2n) is 18.1. The number of hydrogen-bond acceptors (Lipinski definition) is 6. The van der Waals surface area contributed by atoms with Gasteiger partial charge in [0, 0.05) is 19.3 Å². The predicted molar refractivity (Wildman–Crippen MR) is 266 cm³/mol. The molecule has 0 saturated heterocycles. The van der Waals surface area contributed by atoms with Crippen molar-refractivity contribution in [2.45, 2.75) is 290 Å². The van der Waals surface area contributed by atoms with Gasteiger partial charge in [-0.15, -0.1) is 0 Å². The second kappa shape index (κ2) is 51.3. The van der Waals surface area contributed by atoms with E-state index in [9.17, 15) is 14.4 Å². The van der Waals surface area contributed by atoms with Gasteiger partial charge in [-0.3, -0.25) is 14.4 Å². The Balaban J connectivity index is 4.33. The van der Waals surface area contributed by atoms with Crippen molar-refractivity contribution in [2.24, 2.45) is 0 Å². The highest BCUT2D eigenvalue weighted by molar-refractivity contribution is 5.71. The third-order valence-corrected chi connectivity index (χ3v) is 11.9. The average Bonchev–Trinajstić information content (AvgIpc) is 3.27. The van der Waals surface area contributed by atoms with Crippen LogP contribution in [0.15, 0.2) is 36.5 Å². The molecule has 0 aliphatic carbocycles. The van der Waals surface area contributed by atoms with Crippen molar-refractivity contribution < 1.29 is 28.6 Å². The van der Waals surface area contributed by atoms with Crippen LogP contribution in [-0.2, 0) is 28.6 Å². The summed E-state index contributed by atoms with van der Waals surface area (Å²) < 4.78 is 16.8. The first-order chi connectivity index (χ1) is 30.5. The molecule has 1 unspecified atom stereocenters. The zero-order chi connectivity index (χ0) is 45.1. The van der Waals surface area contributed by atoms with Gasteiger partial charge in [-0.05, 0) is 77.0 Å². The summed E-state index contributed by atoms with van der Waals surface area (Å²) in [6, 6.07) is 0. The summed E-state index contributed by atoms with van der Waals surface area (Å²) in [6.07, 6.45) is 59.8. The highest BCUT2D eigenvalue weighted by Gasteiger charge is 2.19. The molecule has 0 N–H and O–H groups in total. The minimum atomic E-state index is -0.777. The highest BCUT2D eigenvalue weighted by atomic mass is 16.6. The Bertz CT molecular complexity index is 1050. The monoisotopic (exact) mass is 871 g/mol. The van der Waals surface area contributed by atoms with Crippen LogP contribution in [0.5, 0.6) is 0 Å². The van der Waals surface area contributed by atoms with Crippen LogP contribution < -0.4 is 0 Å². The summed E-state index contributed by atoms with van der Waals surface area (Å²) in [5.41, 5.74) is 0. The molecule has 6 nitrogen and oxygen atoms in total. The molecule has 1 atom stereocenters. The van der Waals surface area contributed by atoms with E-state index in [1.54, 1.807) is 0 Å². The number of carbonyl (C=O) groups is 3. The lowest BCUT2D eigenvalue weighted by molar-refractivity contribution is -0.167. The van der Waals surface area contributed by atoms with Gasteiger partial charge in [0.1, 0.15) is 13.2 Å². The summed E-state index contributed by atoms with van der Waals surface area (Å²) >= 11 is 0. The number of carbonyl (C=O) groups excluding carboxylic acids is 3. The van der Waals surface area contributed by atoms with E-state index in [0.717, 1.165) is 83.5 Å². The molecule has 0 rings (SSSR count). The molecular formula is C56H102O6. The first-order valence-corrected chi connectivity index (χ1v) is 27.0. The molecule has 6 heteroatoms. The molecule has 0 spiro atoms. The Morgan fingerprint density at radius 1 is 0.323 bits per heavy atom. The molecule has 0 aromatic heterocycles. The van der Waals surface area contributed by atoms with Crippen LogP contribution in [0, 0.1) is 0 Å². The number of ether oxygens (including phenoxy) is 3. The van der Waals surface area contributed by atoms with Gasteiger partial charge in [0.05, 0.1) is 0 Å². The molecule has 0 amide bonds. The second-order valence-corrected chi connectivity index (χ2v) is 18.1. The highest BCUT2D eigenvalue weighted by Crippen LogP contribution is 2.15. The van der Waals surface area contributed by atoms with E-state index < -0.39 is 6.10 Å². The van der Waals surface area contributed by atoms with E-state index in [0.29, 0.717) is 19.3 Å². The van der Waals surface area contributed by atoms with Gasteiger partial charge in [0.25, 0.3) is 0 Å². The number of esters is 3. The summed E-state index contributed by atoms with van der Waals surface area (Å²) in [7, 11) is 0. The van der Waals surface area contributed by atoms with Crippen molar-refractivity contribution >= 4 is 17.9 Å². The summed E-state index contributed by atoms with van der Waals surface area (Å²) in [6.45, 7) is 6.62. The van der Waals surface area contributed by atoms with Crippen LogP contribution in [-0.4, -0.2) is 37.2 Å². The van der Waals surface area contributed by atoms with Crippen LogP contribution in [0.1, 0.15) is 284 Å². The van der Waals surface area contributed by atoms with Gasteiger partial charge in [-0.25, -0.2) is 0 Å². The number of rotatable bonds is 49. The lowest BCUT2D eigenvalue weighted by Crippen LogP contribution is -2.30. The van der Waals surface area contributed by atoms with Gasteiger partial charge in [0.15, 0.2) is 6.10 Å². The molecule has 0 saturated carbocycles.